The molecule has 0 aliphatic heterocycles. The molecule has 0 amide bonds. The van der Waals surface area contributed by atoms with Gasteiger partial charge in [-0.3, -0.25) is 4.68 Å². The topological polar surface area (TPSA) is 60.6 Å². The fraction of sp³-hybridized carbons (Fsp3) is 0.267. The van der Waals surface area contributed by atoms with Crippen LogP contribution in [0.4, 0.5) is 4.39 Å². The number of benzene rings is 1. The number of aromatic nitrogens is 5. The molecule has 7 heteroatoms. The smallest absolute Gasteiger partial charge is 0.149 e. The maximum atomic E-state index is 14.1. The first-order valence-electron chi connectivity index (χ1n) is 7.06. The summed E-state index contributed by atoms with van der Waals surface area (Å²) in [6.07, 6.45) is 6.53. The van der Waals surface area contributed by atoms with Gasteiger partial charge in [-0.2, -0.15) is 10.2 Å². The Balaban J connectivity index is 1.60. The van der Waals surface area contributed by atoms with Crippen molar-refractivity contribution in [3.05, 3.63) is 60.7 Å². The van der Waals surface area contributed by atoms with Gasteiger partial charge in [-0.25, -0.2) is 14.1 Å². The van der Waals surface area contributed by atoms with Gasteiger partial charge in [0.1, 0.15) is 24.2 Å². The molecule has 2 heterocycles. The second kappa shape index (κ2) is 6.48. The monoisotopic (exact) mass is 300 g/mol. The van der Waals surface area contributed by atoms with Crippen molar-refractivity contribution in [2.24, 2.45) is 0 Å². The lowest BCUT2D eigenvalue weighted by atomic mass is 10.2. The molecular weight excluding hydrogens is 283 g/mol. The number of nitrogens with zero attached hydrogens (tertiary/aromatic N) is 5. The Labute approximate surface area is 127 Å². The number of nitrogens with one attached hydrogen (secondary N) is 1. The molecule has 0 unspecified atom stereocenters. The Hall–Kier alpha value is -2.54. The van der Waals surface area contributed by atoms with E-state index in [0.717, 1.165) is 12.1 Å². The molecule has 3 aromatic rings. The molecule has 0 fully saturated rings. The molecule has 0 radical (unpaired) electrons. The highest BCUT2D eigenvalue weighted by atomic mass is 19.1. The van der Waals surface area contributed by atoms with Crippen LogP contribution in [0.25, 0.3) is 5.69 Å². The van der Waals surface area contributed by atoms with Gasteiger partial charge in [-0.1, -0.05) is 6.07 Å². The second-order valence-electron chi connectivity index (χ2n) is 5.14. The third kappa shape index (κ3) is 3.37. The van der Waals surface area contributed by atoms with E-state index in [1.807, 2.05) is 23.0 Å². The summed E-state index contributed by atoms with van der Waals surface area (Å²) in [5.74, 6) is -0.315. The van der Waals surface area contributed by atoms with E-state index in [2.05, 4.69) is 27.4 Å². The van der Waals surface area contributed by atoms with Crippen LogP contribution in [0.3, 0.4) is 0 Å². The molecule has 0 saturated heterocycles. The minimum Gasteiger partial charge on any atom is -0.308 e. The summed E-state index contributed by atoms with van der Waals surface area (Å²) in [6, 6.07) is 7.24. The summed E-state index contributed by atoms with van der Waals surface area (Å²) < 4.78 is 17.4. The lowest BCUT2D eigenvalue weighted by Gasteiger charge is -2.14. The third-order valence-corrected chi connectivity index (χ3v) is 3.35. The van der Waals surface area contributed by atoms with Gasteiger partial charge in [0.05, 0.1) is 6.54 Å². The van der Waals surface area contributed by atoms with E-state index < -0.39 is 0 Å². The highest BCUT2D eigenvalue weighted by Crippen LogP contribution is 2.14. The summed E-state index contributed by atoms with van der Waals surface area (Å²) in [5.41, 5.74) is 1.28. The molecule has 0 spiro atoms. The van der Waals surface area contributed by atoms with Crippen molar-refractivity contribution in [1.82, 2.24) is 29.9 Å². The van der Waals surface area contributed by atoms with Gasteiger partial charge in [0.25, 0.3) is 0 Å². The molecule has 1 N–H and O–H groups in total. The number of hydrogen-bond donors (Lipinski definition) is 1. The standard InChI is InChI=1S/C15H17FN6/c1-12(9-21-6-2-5-19-21)18-8-13-3-4-15(14(16)7-13)22-11-17-10-20-22/h2-7,10-12,18H,8-9H2,1H3/t12-/m0/s1. The van der Waals surface area contributed by atoms with Crippen molar-refractivity contribution in [3.8, 4) is 5.69 Å². The van der Waals surface area contributed by atoms with E-state index in [0.29, 0.717) is 12.2 Å². The summed E-state index contributed by atoms with van der Waals surface area (Å²) in [4.78, 5) is 3.82. The molecule has 3 rings (SSSR count). The second-order valence-corrected chi connectivity index (χ2v) is 5.14. The zero-order valence-electron chi connectivity index (χ0n) is 12.2. The lowest BCUT2D eigenvalue weighted by Crippen LogP contribution is -2.30. The van der Waals surface area contributed by atoms with Gasteiger partial charge < -0.3 is 5.32 Å². The Morgan fingerprint density at radius 1 is 1.32 bits per heavy atom. The molecule has 1 aromatic carbocycles. The minimum absolute atomic E-state index is 0.234. The highest BCUT2D eigenvalue weighted by Gasteiger charge is 2.08. The van der Waals surface area contributed by atoms with E-state index >= 15 is 0 Å². The summed E-state index contributed by atoms with van der Waals surface area (Å²) >= 11 is 0. The first kappa shape index (κ1) is 14.4. The van der Waals surface area contributed by atoms with Crippen LogP contribution < -0.4 is 5.32 Å². The maximum absolute atomic E-state index is 14.1. The van der Waals surface area contributed by atoms with Gasteiger partial charge in [0.15, 0.2) is 0 Å². The van der Waals surface area contributed by atoms with Gasteiger partial charge in [0, 0.05) is 25.0 Å². The van der Waals surface area contributed by atoms with Crippen LogP contribution in [0.2, 0.25) is 0 Å². The molecule has 0 saturated carbocycles. The molecule has 22 heavy (non-hydrogen) atoms. The lowest BCUT2D eigenvalue weighted by molar-refractivity contribution is 0.450. The number of rotatable bonds is 6. The molecule has 0 aliphatic rings. The molecule has 0 bridgehead atoms. The van der Waals surface area contributed by atoms with E-state index in [-0.39, 0.29) is 11.9 Å². The Morgan fingerprint density at radius 2 is 2.23 bits per heavy atom. The van der Waals surface area contributed by atoms with E-state index in [4.69, 9.17) is 0 Å². The maximum Gasteiger partial charge on any atom is 0.149 e. The van der Waals surface area contributed by atoms with Crippen molar-refractivity contribution in [1.29, 1.82) is 0 Å². The van der Waals surface area contributed by atoms with Crippen LogP contribution >= 0.6 is 0 Å². The van der Waals surface area contributed by atoms with E-state index in [1.165, 1.54) is 23.4 Å². The molecule has 2 aromatic heterocycles. The normalized spacial score (nSPS) is 12.5. The van der Waals surface area contributed by atoms with Crippen molar-refractivity contribution in [3.63, 3.8) is 0 Å². The summed E-state index contributed by atoms with van der Waals surface area (Å²) in [7, 11) is 0. The van der Waals surface area contributed by atoms with E-state index in [1.54, 1.807) is 12.3 Å². The van der Waals surface area contributed by atoms with Crippen LogP contribution in [0.15, 0.2) is 49.3 Å². The first-order chi connectivity index (χ1) is 10.7. The molecule has 0 aliphatic carbocycles. The van der Waals surface area contributed by atoms with Crippen molar-refractivity contribution >= 4 is 0 Å². The van der Waals surface area contributed by atoms with E-state index in [9.17, 15) is 4.39 Å². The molecule has 6 nitrogen and oxygen atoms in total. The molecule has 114 valence electrons. The summed E-state index contributed by atoms with van der Waals surface area (Å²) in [6.45, 7) is 3.44. The number of halogens is 1. The van der Waals surface area contributed by atoms with Crippen LogP contribution in [0.1, 0.15) is 12.5 Å². The van der Waals surface area contributed by atoms with Crippen LogP contribution in [-0.4, -0.2) is 30.6 Å². The zero-order valence-corrected chi connectivity index (χ0v) is 12.2. The highest BCUT2D eigenvalue weighted by molar-refractivity contribution is 5.35. The Morgan fingerprint density at radius 3 is 2.91 bits per heavy atom. The fourth-order valence-electron chi connectivity index (χ4n) is 2.22. The predicted molar refractivity (Wildman–Crippen MR) is 79.8 cm³/mol. The first-order valence-corrected chi connectivity index (χ1v) is 7.06. The van der Waals surface area contributed by atoms with Gasteiger partial charge in [-0.05, 0) is 30.7 Å². The third-order valence-electron chi connectivity index (χ3n) is 3.35. The number of hydrogen-bond acceptors (Lipinski definition) is 4. The minimum atomic E-state index is -0.315. The van der Waals surface area contributed by atoms with Crippen LogP contribution in [0, 0.1) is 5.82 Å². The zero-order chi connectivity index (χ0) is 15.4. The van der Waals surface area contributed by atoms with Gasteiger partial charge >= 0.3 is 0 Å². The quantitative estimate of drug-likeness (QED) is 0.754. The molecule has 1 atom stereocenters. The fourth-order valence-corrected chi connectivity index (χ4v) is 2.22. The molecular formula is C15H17FN6. The average molecular weight is 300 g/mol. The van der Waals surface area contributed by atoms with Crippen LogP contribution in [-0.2, 0) is 13.1 Å². The van der Waals surface area contributed by atoms with Crippen molar-refractivity contribution < 1.29 is 4.39 Å². The Kier molecular flexibility index (Phi) is 4.24. The SMILES string of the molecule is C[C@@H](Cn1cccn1)NCc1ccc(-n2cncn2)c(F)c1. The van der Waals surface area contributed by atoms with Gasteiger partial charge in [-0.15, -0.1) is 0 Å². The van der Waals surface area contributed by atoms with Crippen molar-refractivity contribution in [2.45, 2.75) is 26.1 Å². The van der Waals surface area contributed by atoms with Crippen LogP contribution in [0.5, 0.6) is 0 Å². The Bertz CT molecular complexity index is 708. The summed E-state index contributed by atoms with van der Waals surface area (Å²) in [5, 5.41) is 11.5. The predicted octanol–water partition coefficient (Wildman–Crippen LogP) is 1.78. The van der Waals surface area contributed by atoms with Gasteiger partial charge in [0.2, 0.25) is 0 Å². The van der Waals surface area contributed by atoms with Crippen molar-refractivity contribution in [2.75, 3.05) is 0 Å². The largest absolute Gasteiger partial charge is 0.308 e. The average Bonchev–Trinajstić information content (AvgIpc) is 3.18.